The molecule has 0 aliphatic carbocycles. The normalized spacial score (nSPS) is 10.1. The summed E-state index contributed by atoms with van der Waals surface area (Å²) < 4.78 is 5.13. The molecule has 0 fully saturated rings. The van der Waals surface area contributed by atoms with Gasteiger partial charge in [-0.05, 0) is 31.2 Å². The highest BCUT2D eigenvalue weighted by Gasteiger charge is 2.10. The van der Waals surface area contributed by atoms with Gasteiger partial charge in [-0.1, -0.05) is 11.6 Å². The summed E-state index contributed by atoms with van der Waals surface area (Å²) in [5, 5.41) is 6.22. The van der Waals surface area contributed by atoms with Crippen LogP contribution in [0.5, 0.6) is 5.75 Å². The number of ether oxygens (including phenoxy) is 1. The van der Waals surface area contributed by atoms with Crippen molar-refractivity contribution in [1.82, 2.24) is 4.98 Å². The zero-order valence-corrected chi connectivity index (χ0v) is 12.8. The van der Waals surface area contributed by atoms with Crippen molar-refractivity contribution in [3.05, 3.63) is 46.6 Å². The number of halogens is 1. The van der Waals surface area contributed by atoms with Gasteiger partial charge >= 0.3 is 0 Å². The van der Waals surface area contributed by atoms with Crippen LogP contribution in [0.3, 0.4) is 0 Å². The number of hydrogen-bond donors (Lipinski definition) is 2. The number of hydrogen-bond acceptors (Lipinski definition) is 4. The van der Waals surface area contributed by atoms with Crippen LogP contribution in [-0.2, 0) is 0 Å². The second kappa shape index (κ2) is 6.45. The second-order valence-electron chi connectivity index (χ2n) is 4.44. The predicted octanol–water partition coefficient (Wildman–Crippen LogP) is 3.35. The molecule has 1 aromatic carbocycles. The van der Waals surface area contributed by atoms with E-state index in [1.54, 1.807) is 37.4 Å². The number of carbonyl (C=O) groups is 1. The van der Waals surface area contributed by atoms with Gasteiger partial charge in [0.25, 0.3) is 5.91 Å². The molecule has 0 atom stereocenters. The van der Waals surface area contributed by atoms with Crippen molar-refractivity contribution in [3.63, 3.8) is 0 Å². The zero-order valence-electron chi connectivity index (χ0n) is 12.0. The summed E-state index contributed by atoms with van der Waals surface area (Å²) in [6, 6.07) is 8.48. The van der Waals surface area contributed by atoms with Gasteiger partial charge in [-0.3, -0.25) is 4.79 Å². The fourth-order valence-corrected chi connectivity index (χ4v) is 2.06. The van der Waals surface area contributed by atoms with E-state index in [0.29, 0.717) is 27.8 Å². The van der Waals surface area contributed by atoms with Crippen LogP contribution in [0.25, 0.3) is 0 Å². The number of benzene rings is 1. The molecule has 0 aliphatic rings. The summed E-state index contributed by atoms with van der Waals surface area (Å²) in [5.74, 6) is 0.937. The number of nitrogens with zero attached hydrogens (tertiary/aromatic N) is 1. The third kappa shape index (κ3) is 3.64. The zero-order chi connectivity index (χ0) is 15.4. The molecule has 0 unspecified atom stereocenters. The first kappa shape index (κ1) is 15.1. The molecule has 1 amide bonds. The standard InChI is InChI=1S/C15H16ClN3O2/c1-9-6-10(7-14(17-2)18-9)15(20)19-11-4-5-12(16)13(8-11)21-3/h4-8H,1-3H3,(H,17,18)(H,19,20). The summed E-state index contributed by atoms with van der Waals surface area (Å²) in [5.41, 5.74) is 1.91. The first-order valence-electron chi connectivity index (χ1n) is 6.35. The van der Waals surface area contributed by atoms with Gasteiger partial charge in [0.2, 0.25) is 0 Å². The smallest absolute Gasteiger partial charge is 0.255 e. The van der Waals surface area contributed by atoms with Crippen LogP contribution in [0.1, 0.15) is 16.1 Å². The van der Waals surface area contributed by atoms with Crippen molar-refractivity contribution in [2.75, 3.05) is 24.8 Å². The molecule has 2 N–H and O–H groups in total. The van der Waals surface area contributed by atoms with E-state index >= 15 is 0 Å². The minimum absolute atomic E-state index is 0.221. The number of amides is 1. The van der Waals surface area contributed by atoms with Crippen LogP contribution in [0.2, 0.25) is 5.02 Å². The lowest BCUT2D eigenvalue weighted by molar-refractivity contribution is 0.102. The van der Waals surface area contributed by atoms with Gasteiger partial charge in [0.15, 0.2) is 0 Å². The predicted molar refractivity (Wildman–Crippen MR) is 84.5 cm³/mol. The van der Waals surface area contributed by atoms with E-state index in [0.717, 1.165) is 5.69 Å². The number of anilines is 2. The van der Waals surface area contributed by atoms with Crippen LogP contribution in [0.4, 0.5) is 11.5 Å². The Labute approximate surface area is 128 Å². The van der Waals surface area contributed by atoms with Crippen molar-refractivity contribution < 1.29 is 9.53 Å². The summed E-state index contributed by atoms with van der Waals surface area (Å²) in [4.78, 5) is 16.5. The number of nitrogens with one attached hydrogen (secondary N) is 2. The lowest BCUT2D eigenvalue weighted by Gasteiger charge is -2.10. The van der Waals surface area contributed by atoms with Crippen molar-refractivity contribution in [2.24, 2.45) is 0 Å². The monoisotopic (exact) mass is 305 g/mol. The van der Waals surface area contributed by atoms with Crippen molar-refractivity contribution in [2.45, 2.75) is 6.92 Å². The quantitative estimate of drug-likeness (QED) is 0.909. The van der Waals surface area contributed by atoms with E-state index in [9.17, 15) is 4.79 Å². The molecule has 6 heteroatoms. The lowest BCUT2D eigenvalue weighted by atomic mass is 10.2. The summed E-state index contributed by atoms with van der Waals surface area (Å²) in [7, 11) is 3.28. The molecule has 2 rings (SSSR count). The fourth-order valence-electron chi connectivity index (χ4n) is 1.87. The van der Waals surface area contributed by atoms with Gasteiger partial charge in [0.05, 0.1) is 12.1 Å². The van der Waals surface area contributed by atoms with E-state index in [1.165, 1.54) is 7.11 Å². The summed E-state index contributed by atoms with van der Waals surface area (Å²) >= 11 is 5.96. The average molecular weight is 306 g/mol. The number of aryl methyl sites for hydroxylation is 1. The first-order chi connectivity index (χ1) is 10.0. The number of carbonyl (C=O) groups excluding carboxylic acids is 1. The molecule has 1 heterocycles. The Balaban J connectivity index is 2.23. The molecule has 5 nitrogen and oxygen atoms in total. The van der Waals surface area contributed by atoms with E-state index in [1.807, 2.05) is 6.92 Å². The summed E-state index contributed by atoms with van der Waals surface area (Å²) in [6.07, 6.45) is 0. The molecule has 0 radical (unpaired) electrons. The molecule has 0 spiro atoms. The molecule has 2 aromatic rings. The second-order valence-corrected chi connectivity index (χ2v) is 4.84. The van der Waals surface area contributed by atoms with E-state index in [2.05, 4.69) is 15.6 Å². The number of pyridine rings is 1. The number of rotatable bonds is 4. The van der Waals surface area contributed by atoms with Gasteiger partial charge in [0.1, 0.15) is 11.6 Å². The van der Waals surface area contributed by atoms with Gasteiger partial charge in [-0.2, -0.15) is 0 Å². The highest BCUT2D eigenvalue weighted by molar-refractivity contribution is 6.32. The molecule has 0 saturated heterocycles. The third-order valence-corrected chi connectivity index (χ3v) is 3.19. The molecule has 0 saturated carbocycles. The van der Waals surface area contributed by atoms with E-state index < -0.39 is 0 Å². The molecular formula is C15H16ClN3O2. The molecular weight excluding hydrogens is 290 g/mol. The maximum absolute atomic E-state index is 12.3. The molecule has 1 aromatic heterocycles. The van der Waals surface area contributed by atoms with Gasteiger partial charge in [-0.25, -0.2) is 4.98 Å². The van der Waals surface area contributed by atoms with Crippen molar-refractivity contribution in [3.8, 4) is 5.75 Å². The Morgan fingerprint density at radius 1 is 1.29 bits per heavy atom. The highest BCUT2D eigenvalue weighted by atomic mass is 35.5. The average Bonchev–Trinajstić information content (AvgIpc) is 2.48. The Morgan fingerprint density at radius 2 is 2.05 bits per heavy atom. The third-order valence-electron chi connectivity index (χ3n) is 2.88. The number of aromatic nitrogens is 1. The van der Waals surface area contributed by atoms with Crippen LogP contribution >= 0.6 is 11.6 Å². The van der Waals surface area contributed by atoms with Crippen molar-refractivity contribution >= 4 is 29.0 Å². The van der Waals surface area contributed by atoms with Crippen LogP contribution in [0, 0.1) is 6.92 Å². The van der Waals surface area contributed by atoms with Crippen LogP contribution < -0.4 is 15.4 Å². The van der Waals surface area contributed by atoms with E-state index in [4.69, 9.17) is 16.3 Å². The highest BCUT2D eigenvalue weighted by Crippen LogP contribution is 2.27. The minimum Gasteiger partial charge on any atom is -0.495 e. The SMILES string of the molecule is CNc1cc(C(=O)Nc2ccc(Cl)c(OC)c2)cc(C)n1. The maximum Gasteiger partial charge on any atom is 0.255 e. The van der Waals surface area contributed by atoms with Crippen LogP contribution in [0.15, 0.2) is 30.3 Å². The first-order valence-corrected chi connectivity index (χ1v) is 6.72. The Kier molecular flexibility index (Phi) is 4.65. The van der Waals surface area contributed by atoms with Crippen molar-refractivity contribution in [1.29, 1.82) is 0 Å². The Morgan fingerprint density at radius 3 is 2.71 bits per heavy atom. The van der Waals surface area contributed by atoms with E-state index in [-0.39, 0.29) is 5.91 Å². The maximum atomic E-state index is 12.3. The van der Waals surface area contributed by atoms with Crippen LogP contribution in [-0.4, -0.2) is 25.0 Å². The largest absolute Gasteiger partial charge is 0.495 e. The fraction of sp³-hybridized carbons (Fsp3) is 0.200. The molecule has 0 aliphatic heterocycles. The lowest BCUT2D eigenvalue weighted by Crippen LogP contribution is -2.13. The minimum atomic E-state index is -0.221. The topological polar surface area (TPSA) is 63.2 Å². The Hall–Kier alpha value is -2.27. The Bertz CT molecular complexity index is 674. The van der Waals surface area contributed by atoms with Gasteiger partial charge < -0.3 is 15.4 Å². The van der Waals surface area contributed by atoms with Gasteiger partial charge in [0, 0.05) is 30.1 Å². The molecule has 110 valence electrons. The molecule has 21 heavy (non-hydrogen) atoms. The number of methoxy groups -OCH3 is 1. The van der Waals surface area contributed by atoms with Gasteiger partial charge in [-0.15, -0.1) is 0 Å². The molecule has 0 bridgehead atoms. The summed E-state index contributed by atoms with van der Waals surface area (Å²) in [6.45, 7) is 1.84.